The van der Waals surface area contributed by atoms with Gasteiger partial charge in [0, 0.05) is 6.20 Å². The molecule has 0 saturated carbocycles. The van der Waals surface area contributed by atoms with Crippen molar-refractivity contribution < 1.29 is 22.7 Å². The van der Waals surface area contributed by atoms with Crippen LogP contribution in [-0.4, -0.2) is 41.7 Å². The Morgan fingerprint density at radius 3 is 2.85 bits per heavy atom. The molecule has 1 unspecified atom stereocenters. The van der Waals surface area contributed by atoms with Crippen molar-refractivity contribution in [3.05, 3.63) is 52.3 Å². The summed E-state index contributed by atoms with van der Waals surface area (Å²) >= 11 is 6.16. The van der Waals surface area contributed by atoms with E-state index >= 15 is 0 Å². The molecule has 2 aliphatic rings. The van der Waals surface area contributed by atoms with Gasteiger partial charge in [-0.15, -0.1) is 10.2 Å². The van der Waals surface area contributed by atoms with Gasteiger partial charge in [-0.1, -0.05) is 17.7 Å². The number of hydrogen-bond donors (Lipinski definition) is 2. The third-order valence-electron chi connectivity index (χ3n) is 3.69. The fourth-order valence-corrected chi connectivity index (χ4v) is 2.81. The third-order valence-corrected chi connectivity index (χ3v) is 4.01. The summed E-state index contributed by atoms with van der Waals surface area (Å²) in [7, 11) is 1.24. The van der Waals surface area contributed by atoms with Crippen LogP contribution in [0.15, 0.2) is 46.7 Å². The number of allylic oxidation sites excluding steroid dienone is 1. The van der Waals surface area contributed by atoms with Crippen molar-refractivity contribution in [1.82, 2.24) is 21.1 Å². The maximum Gasteiger partial charge on any atom is 0.452 e. The molecule has 1 aromatic rings. The Morgan fingerprint density at radius 1 is 1.46 bits per heavy atom. The molecule has 11 heteroatoms. The zero-order valence-corrected chi connectivity index (χ0v) is 14.1. The molecular formula is C15H13ClF3N5O2. The van der Waals surface area contributed by atoms with Crippen molar-refractivity contribution in [3.63, 3.8) is 0 Å². The number of esters is 1. The van der Waals surface area contributed by atoms with Crippen LogP contribution in [0.1, 0.15) is 11.6 Å². The maximum absolute atomic E-state index is 12.6. The molecule has 7 nitrogen and oxygen atoms in total. The number of alkyl halides is 3. The summed E-state index contributed by atoms with van der Waals surface area (Å²) in [5.41, 5.74) is 5.64. The lowest BCUT2D eigenvalue weighted by molar-refractivity contribution is -0.136. The molecule has 1 aliphatic carbocycles. The second kappa shape index (κ2) is 6.96. The fourth-order valence-electron chi connectivity index (χ4n) is 2.57. The molecule has 0 amide bonds. The summed E-state index contributed by atoms with van der Waals surface area (Å²) < 4.78 is 42.6. The standard InChI is InChI=1S/C15H13ClF3N5O2/c1-26-13(25)10-6-8(5-9(10)12-11(16)3-2-4-20-12)7-24-22-14(21-23-24)15(17,18)19/h2-6,9,23H,7H2,1H3,(H,21,22). The van der Waals surface area contributed by atoms with E-state index in [1.165, 1.54) is 19.4 Å². The number of hydrogen-bond acceptors (Lipinski definition) is 7. The fraction of sp³-hybridized carbons (Fsp3) is 0.267. The Bertz CT molecular complexity index is 822. The highest BCUT2D eigenvalue weighted by molar-refractivity contribution is 6.31. The number of rotatable bonds is 4. The number of hydrazone groups is 1. The first-order chi connectivity index (χ1) is 12.3. The number of halogens is 4. The number of methoxy groups -OCH3 is 1. The van der Waals surface area contributed by atoms with E-state index in [0.717, 1.165) is 5.12 Å². The minimum atomic E-state index is -4.59. The molecule has 0 radical (unpaired) electrons. The smallest absolute Gasteiger partial charge is 0.452 e. The molecule has 1 aliphatic heterocycles. The number of aromatic nitrogens is 1. The van der Waals surface area contributed by atoms with Crippen LogP contribution in [0.25, 0.3) is 0 Å². The Hall–Kier alpha value is -2.59. The van der Waals surface area contributed by atoms with Gasteiger partial charge in [0.1, 0.15) is 0 Å². The summed E-state index contributed by atoms with van der Waals surface area (Å²) in [6, 6.07) is 3.29. The lowest BCUT2D eigenvalue weighted by atomic mass is 9.98. The molecule has 1 aromatic heterocycles. The number of ether oxygens (including phenoxy) is 1. The van der Waals surface area contributed by atoms with Crippen molar-refractivity contribution in [2.75, 3.05) is 13.7 Å². The number of carbonyl (C=O) groups excluding carboxylic acids is 1. The average molecular weight is 388 g/mol. The Morgan fingerprint density at radius 2 is 2.23 bits per heavy atom. The molecule has 0 bridgehead atoms. The van der Waals surface area contributed by atoms with E-state index in [1.807, 2.05) is 0 Å². The summed E-state index contributed by atoms with van der Waals surface area (Å²) in [4.78, 5) is 16.3. The molecule has 138 valence electrons. The molecular weight excluding hydrogens is 375 g/mol. The summed E-state index contributed by atoms with van der Waals surface area (Å²) in [6.07, 6.45) is 0.170. The molecule has 2 N–H and O–H groups in total. The highest BCUT2D eigenvalue weighted by Gasteiger charge is 2.40. The molecule has 0 fully saturated rings. The summed E-state index contributed by atoms with van der Waals surface area (Å²) in [6.45, 7) is 0.00449. The van der Waals surface area contributed by atoms with Crippen molar-refractivity contribution in [3.8, 4) is 0 Å². The first kappa shape index (κ1) is 18.2. The van der Waals surface area contributed by atoms with Crippen LogP contribution in [0.5, 0.6) is 0 Å². The van der Waals surface area contributed by atoms with Crippen molar-refractivity contribution in [2.24, 2.45) is 5.10 Å². The van der Waals surface area contributed by atoms with Gasteiger partial charge in [0.2, 0.25) is 5.84 Å². The van der Waals surface area contributed by atoms with Crippen LogP contribution in [0.2, 0.25) is 5.02 Å². The SMILES string of the molecule is COC(=O)C1=CC(CN2NN=C(C(F)(F)F)N2)=CC1c1ncccc1Cl. The monoisotopic (exact) mass is 387 g/mol. The summed E-state index contributed by atoms with van der Waals surface area (Å²) in [5.74, 6) is -2.29. The lowest BCUT2D eigenvalue weighted by Gasteiger charge is -2.16. The minimum Gasteiger partial charge on any atom is -0.466 e. The Labute approximate surface area is 151 Å². The number of hydrazine groups is 2. The highest BCUT2D eigenvalue weighted by atomic mass is 35.5. The van der Waals surface area contributed by atoms with E-state index in [-0.39, 0.29) is 6.54 Å². The van der Waals surface area contributed by atoms with Gasteiger partial charge in [-0.2, -0.15) is 13.2 Å². The van der Waals surface area contributed by atoms with E-state index in [0.29, 0.717) is 21.9 Å². The van der Waals surface area contributed by atoms with Crippen LogP contribution in [0, 0.1) is 0 Å². The normalized spacial score (nSPS) is 20.0. The molecule has 1 atom stereocenters. The van der Waals surface area contributed by atoms with E-state index < -0.39 is 23.9 Å². The second-order valence-electron chi connectivity index (χ2n) is 5.44. The maximum atomic E-state index is 12.6. The first-order valence-electron chi connectivity index (χ1n) is 7.35. The molecule has 0 aromatic carbocycles. The van der Waals surface area contributed by atoms with E-state index in [2.05, 4.69) is 21.0 Å². The first-order valence-corrected chi connectivity index (χ1v) is 7.73. The van der Waals surface area contributed by atoms with Crippen LogP contribution in [0.3, 0.4) is 0 Å². The van der Waals surface area contributed by atoms with Crippen LogP contribution in [0.4, 0.5) is 13.2 Å². The number of nitrogens with zero attached hydrogens (tertiary/aromatic N) is 3. The highest BCUT2D eigenvalue weighted by Crippen LogP contribution is 2.36. The average Bonchev–Trinajstić information content (AvgIpc) is 3.22. The van der Waals surface area contributed by atoms with Crippen molar-refractivity contribution in [2.45, 2.75) is 12.1 Å². The number of carbonyl (C=O) groups is 1. The van der Waals surface area contributed by atoms with Gasteiger partial charge in [0.05, 0.1) is 35.9 Å². The van der Waals surface area contributed by atoms with Gasteiger partial charge in [-0.25, -0.2) is 10.3 Å². The number of nitrogens with one attached hydrogen (secondary N) is 2. The largest absolute Gasteiger partial charge is 0.466 e. The zero-order chi connectivity index (χ0) is 18.9. The Balaban J connectivity index is 1.80. The quantitative estimate of drug-likeness (QED) is 0.770. The van der Waals surface area contributed by atoms with E-state index in [4.69, 9.17) is 16.3 Å². The van der Waals surface area contributed by atoms with Gasteiger partial charge >= 0.3 is 12.1 Å². The van der Waals surface area contributed by atoms with Gasteiger partial charge in [0.25, 0.3) is 0 Å². The summed E-state index contributed by atoms with van der Waals surface area (Å²) in [5, 5.41) is 4.59. The van der Waals surface area contributed by atoms with Crippen molar-refractivity contribution in [1.29, 1.82) is 0 Å². The van der Waals surface area contributed by atoms with Gasteiger partial charge in [-0.3, -0.25) is 10.4 Å². The van der Waals surface area contributed by atoms with Gasteiger partial charge in [-0.05, 0) is 23.8 Å². The second-order valence-corrected chi connectivity index (χ2v) is 5.84. The molecule has 26 heavy (non-hydrogen) atoms. The Kier molecular flexibility index (Phi) is 4.88. The minimum absolute atomic E-state index is 0.00449. The predicted octanol–water partition coefficient (Wildman–Crippen LogP) is 2.06. The van der Waals surface area contributed by atoms with Crippen LogP contribution < -0.4 is 11.0 Å². The lowest BCUT2D eigenvalue weighted by Crippen LogP contribution is -2.46. The van der Waals surface area contributed by atoms with E-state index in [1.54, 1.807) is 18.2 Å². The zero-order valence-electron chi connectivity index (χ0n) is 13.3. The van der Waals surface area contributed by atoms with Crippen LogP contribution >= 0.6 is 11.6 Å². The number of pyridine rings is 1. The van der Waals surface area contributed by atoms with Crippen molar-refractivity contribution >= 4 is 23.4 Å². The predicted molar refractivity (Wildman–Crippen MR) is 86.6 cm³/mol. The molecule has 2 heterocycles. The molecule has 0 saturated heterocycles. The van der Waals surface area contributed by atoms with Crippen LogP contribution in [-0.2, 0) is 9.53 Å². The molecule has 3 rings (SSSR count). The van der Waals surface area contributed by atoms with Gasteiger partial charge in [0.15, 0.2) is 0 Å². The molecule has 0 spiro atoms. The van der Waals surface area contributed by atoms with E-state index in [9.17, 15) is 18.0 Å². The van der Waals surface area contributed by atoms with Gasteiger partial charge < -0.3 is 4.74 Å². The third kappa shape index (κ3) is 3.65. The topological polar surface area (TPSA) is 78.8 Å². The number of amidine groups is 1.